The van der Waals surface area contributed by atoms with Crippen LogP contribution >= 0.6 is 23.4 Å². The number of hydrogen-bond acceptors (Lipinski definition) is 6. The Labute approximate surface area is 220 Å². The maximum atomic E-state index is 14.4. The van der Waals surface area contributed by atoms with Crippen molar-refractivity contribution in [2.24, 2.45) is 0 Å². The second kappa shape index (κ2) is 10.1. The second-order valence-electron chi connectivity index (χ2n) is 7.97. The van der Waals surface area contributed by atoms with Crippen LogP contribution in [0.4, 0.5) is 20.2 Å². The lowest BCUT2D eigenvalue weighted by Crippen LogP contribution is -2.34. The van der Waals surface area contributed by atoms with E-state index in [2.05, 4.69) is 15.3 Å². The molecular weight excluding hydrogens is 542 g/mol. The van der Waals surface area contributed by atoms with Crippen LogP contribution in [0.5, 0.6) is 0 Å². The Bertz CT molecular complexity index is 1620. The van der Waals surface area contributed by atoms with Gasteiger partial charge in [0.1, 0.15) is 16.5 Å². The van der Waals surface area contributed by atoms with E-state index in [0.29, 0.717) is 22.0 Å². The number of anilines is 2. The molecule has 1 aliphatic heterocycles. The third-order valence-corrected chi connectivity index (χ3v) is 8.37. The fourth-order valence-electron chi connectivity index (χ4n) is 3.78. The average molecular weight is 559 g/mol. The zero-order valence-corrected chi connectivity index (χ0v) is 21.2. The van der Waals surface area contributed by atoms with Gasteiger partial charge in [0.05, 0.1) is 29.9 Å². The number of amides is 1. The van der Waals surface area contributed by atoms with Crippen molar-refractivity contribution in [3.8, 4) is 11.3 Å². The zero-order chi connectivity index (χ0) is 26.2. The van der Waals surface area contributed by atoms with Crippen LogP contribution in [0.3, 0.4) is 0 Å². The molecule has 0 aliphatic carbocycles. The van der Waals surface area contributed by atoms with Gasteiger partial charge in [-0.3, -0.25) is 9.10 Å². The fourth-order valence-corrected chi connectivity index (χ4v) is 6.12. The van der Waals surface area contributed by atoms with Gasteiger partial charge in [-0.15, -0.1) is 0 Å². The first-order chi connectivity index (χ1) is 17.7. The van der Waals surface area contributed by atoms with Crippen LogP contribution in [0.25, 0.3) is 11.3 Å². The standard InChI is InChI=1S/C25H17ClF2N4O3S2/c26-16-5-10-21-19(11-16)24-22(37(34,35)32(21)13-15-3-1-2-4-20(15)28)12-29-25(31-24)36-14-23(33)30-18-8-6-17(27)7-9-18/h1-12H,13-14H2,(H,30,33). The molecule has 0 saturated carbocycles. The number of nitrogens with zero attached hydrogens (tertiary/aromatic N) is 3. The molecule has 1 aliphatic rings. The van der Waals surface area contributed by atoms with Gasteiger partial charge in [-0.2, -0.15) is 0 Å². The highest BCUT2D eigenvalue weighted by Crippen LogP contribution is 2.44. The van der Waals surface area contributed by atoms with Crippen molar-refractivity contribution in [1.82, 2.24) is 9.97 Å². The summed E-state index contributed by atoms with van der Waals surface area (Å²) >= 11 is 7.23. The van der Waals surface area contributed by atoms with Crippen molar-refractivity contribution in [2.45, 2.75) is 16.6 Å². The molecule has 0 unspecified atom stereocenters. The number of thioether (sulfide) groups is 1. The predicted octanol–water partition coefficient (Wildman–Crippen LogP) is 5.51. The molecular formula is C25H17ClF2N4O3S2. The minimum atomic E-state index is -4.14. The van der Waals surface area contributed by atoms with Crippen LogP contribution in [0.15, 0.2) is 83.0 Å². The van der Waals surface area contributed by atoms with Gasteiger partial charge in [-0.05, 0) is 48.5 Å². The lowest BCUT2D eigenvalue weighted by atomic mass is 10.1. The van der Waals surface area contributed by atoms with E-state index in [1.54, 1.807) is 24.3 Å². The number of sulfonamides is 1. The van der Waals surface area contributed by atoms with Crippen molar-refractivity contribution in [2.75, 3.05) is 15.4 Å². The molecule has 7 nitrogen and oxygen atoms in total. The molecule has 188 valence electrons. The SMILES string of the molecule is O=C(CSc1ncc2c(n1)-c1cc(Cl)ccc1N(Cc1ccccc1F)S2(=O)=O)Nc1ccc(F)cc1. The Morgan fingerprint density at radius 1 is 1.05 bits per heavy atom. The Hall–Kier alpha value is -3.54. The summed E-state index contributed by atoms with van der Waals surface area (Å²) in [6.45, 7) is -0.233. The number of nitrogens with one attached hydrogen (secondary N) is 1. The van der Waals surface area contributed by atoms with Crippen LogP contribution in [0.1, 0.15) is 5.56 Å². The van der Waals surface area contributed by atoms with E-state index in [1.165, 1.54) is 48.7 Å². The normalized spacial score (nSPS) is 13.5. The maximum Gasteiger partial charge on any atom is 0.268 e. The lowest BCUT2D eigenvalue weighted by Gasteiger charge is -2.31. The van der Waals surface area contributed by atoms with Crippen molar-refractivity contribution >= 4 is 50.7 Å². The van der Waals surface area contributed by atoms with Crippen molar-refractivity contribution in [3.63, 3.8) is 0 Å². The summed E-state index contributed by atoms with van der Waals surface area (Å²) in [5.74, 6) is -1.38. The average Bonchev–Trinajstić information content (AvgIpc) is 2.88. The van der Waals surface area contributed by atoms with E-state index < -0.39 is 21.7 Å². The minimum absolute atomic E-state index is 0.0648. The molecule has 0 fully saturated rings. The van der Waals surface area contributed by atoms with E-state index >= 15 is 0 Å². The van der Waals surface area contributed by atoms with Crippen LogP contribution in [0.2, 0.25) is 5.02 Å². The van der Waals surface area contributed by atoms with Crippen LogP contribution < -0.4 is 9.62 Å². The second-order valence-corrected chi connectivity index (χ2v) is 11.2. The summed E-state index contributed by atoms with van der Waals surface area (Å²) in [6, 6.07) is 15.9. The third kappa shape index (κ3) is 5.15. The van der Waals surface area contributed by atoms with Crippen molar-refractivity contribution < 1.29 is 22.0 Å². The van der Waals surface area contributed by atoms with Gasteiger partial charge in [0, 0.05) is 21.8 Å². The summed E-state index contributed by atoms with van der Waals surface area (Å²) in [5, 5.41) is 3.18. The monoisotopic (exact) mass is 558 g/mol. The molecule has 0 radical (unpaired) electrons. The van der Waals surface area contributed by atoms with Gasteiger partial charge in [0.15, 0.2) is 5.16 Å². The fraction of sp³-hybridized carbons (Fsp3) is 0.0800. The molecule has 0 bridgehead atoms. The Kier molecular flexibility index (Phi) is 6.84. The van der Waals surface area contributed by atoms with Crippen LogP contribution in [-0.4, -0.2) is 30.0 Å². The first-order valence-corrected chi connectivity index (χ1v) is 13.6. The molecule has 1 amide bonds. The smallest absolute Gasteiger partial charge is 0.268 e. The molecule has 12 heteroatoms. The van der Waals surface area contributed by atoms with E-state index in [4.69, 9.17) is 11.6 Å². The quantitative estimate of drug-likeness (QED) is 0.248. The molecule has 0 saturated heterocycles. The number of halogens is 3. The van der Waals surface area contributed by atoms with Crippen molar-refractivity contribution in [3.05, 3.63) is 95.1 Å². The number of benzene rings is 3. The van der Waals surface area contributed by atoms with E-state index in [9.17, 15) is 22.0 Å². The minimum Gasteiger partial charge on any atom is -0.325 e. The highest BCUT2D eigenvalue weighted by atomic mass is 35.5. The molecule has 2 heterocycles. The van der Waals surface area contributed by atoms with Gasteiger partial charge in [-0.1, -0.05) is 41.6 Å². The van der Waals surface area contributed by atoms with Crippen LogP contribution in [-0.2, 0) is 21.4 Å². The van der Waals surface area contributed by atoms with Gasteiger partial charge in [-0.25, -0.2) is 27.2 Å². The number of carbonyl (C=O) groups excluding carboxylic acids is 1. The van der Waals surface area contributed by atoms with Gasteiger partial charge < -0.3 is 5.32 Å². The number of rotatable bonds is 6. The zero-order valence-electron chi connectivity index (χ0n) is 18.9. The Balaban J connectivity index is 1.44. The predicted molar refractivity (Wildman–Crippen MR) is 138 cm³/mol. The molecule has 0 atom stereocenters. The van der Waals surface area contributed by atoms with Crippen molar-refractivity contribution in [1.29, 1.82) is 0 Å². The molecule has 3 aromatic carbocycles. The Morgan fingerprint density at radius 3 is 2.57 bits per heavy atom. The molecule has 4 aromatic rings. The topological polar surface area (TPSA) is 92.3 Å². The highest BCUT2D eigenvalue weighted by Gasteiger charge is 2.37. The highest BCUT2D eigenvalue weighted by molar-refractivity contribution is 7.99. The summed E-state index contributed by atoms with van der Waals surface area (Å²) in [4.78, 5) is 20.7. The third-order valence-electron chi connectivity index (χ3n) is 5.52. The van der Waals surface area contributed by atoms with E-state index in [0.717, 1.165) is 16.1 Å². The molecule has 1 N–H and O–H groups in total. The summed E-state index contributed by atoms with van der Waals surface area (Å²) in [6.07, 6.45) is 1.18. The molecule has 37 heavy (non-hydrogen) atoms. The van der Waals surface area contributed by atoms with E-state index in [1.807, 2.05) is 0 Å². The first kappa shape index (κ1) is 25.1. The largest absolute Gasteiger partial charge is 0.325 e. The van der Waals surface area contributed by atoms with Gasteiger partial charge in [0.25, 0.3) is 10.0 Å². The number of aromatic nitrogens is 2. The first-order valence-electron chi connectivity index (χ1n) is 10.8. The molecule has 5 rings (SSSR count). The molecule has 1 aromatic heterocycles. The van der Waals surface area contributed by atoms with Crippen LogP contribution in [0, 0.1) is 11.6 Å². The summed E-state index contributed by atoms with van der Waals surface area (Å²) in [5.41, 5.74) is 1.51. The number of carbonyl (C=O) groups is 1. The number of hydrogen-bond donors (Lipinski definition) is 1. The molecule has 0 spiro atoms. The lowest BCUT2D eigenvalue weighted by molar-refractivity contribution is -0.113. The maximum absolute atomic E-state index is 14.4. The van der Waals surface area contributed by atoms with Gasteiger partial charge in [0.2, 0.25) is 5.91 Å². The summed E-state index contributed by atoms with van der Waals surface area (Å²) < 4.78 is 55.7. The van der Waals surface area contributed by atoms with E-state index in [-0.39, 0.29) is 39.5 Å². The Morgan fingerprint density at radius 2 is 1.81 bits per heavy atom. The van der Waals surface area contributed by atoms with Gasteiger partial charge >= 0.3 is 0 Å². The summed E-state index contributed by atoms with van der Waals surface area (Å²) in [7, 11) is -4.14. The number of fused-ring (bicyclic) bond motifs is 3.